The van der Waals surface area contributed by atoms with Crippen LogP contribution in [0.4, 0.5) is 0 Å². The van der Waals surface area contributed by atoms with E-state index in [1.165, 1.54) is 0 Å². The zero-order valence-electron chi connectivity index (χ0n) is 9.42. The van der Waals surface area contributed by atoms with Crippen molar-refractivity contribution in [2.45, 2.75) is 19.4 Å². The van der Waals surface area contributed by atoms with Crippen LogP contribution in [0.3, 0.4) is 0 Å². The van der Waals surface area contributed by atoms with Gasteiger partial charge in [0, 0.05) is 18.0 Å². The number of nitriles is 1. The standard InChI is InChI=1S/C12H12N4O/c1-8(14)6-11-15-12(17-16-11)10-4-2-9(7-13)3-5-10/h2-5,8H,6,14H2,1H3. The molecule has 17 heavy (non-hydrogen) atoms. The SMILES string of the molecule is CC(N)Cc1noc(-c2ccc(C#N)cc2)n1. The van der Waals surface area contributed by atoms with E-state index in [1.807, 2.05) is 6.92 Å². The predicted molar refractivity (Wildman–Crippen MR) is 61.8 cm³/mol. The number of benzene rings is 1. The summed E-state index contributed by atoms with van der Waals surface area (Å²) in [6.07, 6.45) is 0.583. The van der Waals surface area contributed by atoms with Crippen molar-refractivity contribution < 1.29 is 4.52 Å². The van der Waals surface area contributed by atoms with Gasteiger partial charge >= 0.3 is 0 Å². The van der Waals surface area contributed by atoms with Crippen molar-refractivity contribution in [3.8, 4) is 17.5 Å². The predicted octanol–water partition coefficient (Wildman–Crippen LogP) is 1.50. The summed E-state index contributed by atoms with van der Waals surface area (Å²) in [6, 6.07) is 9.04. The van der Waals surface area contributed by atoms with Crippen LogP contribution >= 0.6 is 0 Å². The van der Waals surface area contributed by atoms with Crippen molar-refractivity contribution in [3.05, 3.63) is 35.7 Å². The average molecular weight is 228 g/mol. The lowest BCUT2D eigenvalue weighted by atomic mass is 10.1. The summed E-state index contributed by atoms with van der Waals surface area (Å²) in [6.45, 7) is 1.89. The average Bonchev–Trinajstić information content (AvgIpc) is 2.77. The second-order valence-electron chi connectivity index (χ2n) is 3.89. The Morgan fingerprint density at radius 1 is 1.41 bits per heavy atom. The van der Waals surface area contributed by atoms with E-state index in [9.17, 15) is 0 Å². The Labute approximate surface area is 98.9 Å². The van der Waals surface area contributed by atoms with E-state index in [4.69, 9.17) is 15.5 Å². The van der Waals surface area contributed by atoms with E-state index in [0.717, 1.165) is 5.56 Å². The van der Waals surface area contributed by atoms with Gasteiger partial charge in [-0.05, 0) is 31.2 Å². The first-order valence-corrected chi connectivity index (χ1v) is 5.27. The lowest BCUT2D eigenvalue weighted by molar-refractivity contribution is 0.420. The van der Waals surface area contributed by atoms with Crippen LogP contribution < -0.4 is 5.73 Å². The zero-order valence-corrected chi connectivity index (χ0v) is 9.42. The minimum atomic E-state index is 0.00131. The molecule has 2 rings (SSSR count). The highest BCUT2D eigenvalue weighted by atomic mass is 16.5. The zero-order chi connectivity index (χ0) is 12.3. The van der Waals surface area contributed by atoms with Crippen LogP contribution in [0, 0.1) is 11.3 Å². The smallest absolute Gasteiger partial charge is 0.257 e. The molecule has 0 fully saturated rings. The fraction of sp³-hybridized carbons (Fsp3) is 0.250. The van der Waals surface area contributed by atoms with Gasteiger partial charge in [-0.1, -0.05) is 5.16 Å². The summed E-state index contributed by atoms with van der Waals surface area (Å²) in [5.41, 5.74) is 7.05. The van der Waals surface area contributed by atoms with Crippen molar-refractivity contribution in [1.29, 1.82) is 5.26 Å². The van der Waals surface area contributed by atoms with Crippen molar-refractivity contribution >= 4 is 0 Å². The minimum absolute atomic E-state index is 0.00131. The fourth-order valence-electron chi connectivity index (χ4n) is 1.43. The summed E-state index contributed by atoms with van der Waals surface area (Å²) in [4.78, 5) is 4.24. The molecule has 0 saturated heterocycles. The molecule has 2 N–H and O–H groups in total. The van der Waals surface area contributed by atoms with Gasteiger partial charge in [-0.25, -0.2) is 0 Å². The van der Waals surface area contributed by atoms with Gasteiger partial charge in [0.25, 0.3) is 5.89 Å². The molecule has 5 nitrogen and oxygen atoms in total. The maximum atomic E-state index is 8.69. The van der Waals surface area contributed by atoms with Crippen LogP contribution in [-0.4, -0.2) is 16.2 Å². The Balaban J connectivity index is 2.22. The molecule has 1 aromatic heterocycles. The first-order chi connectivity index (χ1) is 8.19. The molecule has 1 atom stereocenters. The van der Waals surface area contributed by atoms with E-state index in [2.05, 4.69) is 16.2 Å². The monoisotopic (exact) mass is 228 g/mol. The quantitative estimate of drug-likeness (QED) is 0.859. The highest BCUT2D eigenvalue weighted by molar-refractivity contribution is 5.54. The highest BCUT2D eigenvalue weighted by Crippen LogP contribution is 2.17. The molecule has 0 saturated carbocycles. The second-order valence-corrected chi connectivity index (χ2v) is 3.89. The number of rotatable bonds is 3. The molecule has 0 amide bonds. The Bertz CT molecular complexity index is 536. The number of nitrogens with zero attached hydrogens (tertiary/aromatic N) is 3. The van der Waals surface area contributed by atoms with E-state index in [-0.39, 0.29) is 6.04 Å². The first kappa shape index (κ1) is 11.3. The lowest BCUT2D eigenvalue weighted by Gasteiger charge is -1.97. The molecule has 2 aromatic rings. The Kier molecular flexibility index (Phi) is 3.17. The van der Waals surface area contributed by atoms with Gasteiger partial charge in [0.05, 0.1) is 11.6 Å². The van der Waals surface area contributed by atoms with Crippen molar-refractivity contribution in [3.63, 3.8) is 0 Å². The topological polar surface area (TPSA) is 88.7 Å². The summed E-state index contributed by atoms with van der Waals surface area (Å²) in [5, 5.41) is 12.5. The van der Waals surface area contributed by atoms with E-state index >= 15 is 0 Å². The maximum Gasteiger partial charge on any atom is 0.257 e. The van der Waals surface area contributed by atoms with Gasteiger partial charge in [-0.2, -0.15) is 10.2 Å². The molecule has 0 aliphatic heterocycles. The van der Waals surface area contributed by atoms with E-state index in [1.54, 1.807) is 24.3 Å². The second kappa shape index (κ2) is 4.76. The number of hydrogen-bond acceptors (Lipinski definition) is 5. The Morgan fingerprint density at radius 2 is 2.12 bits per heavy atom. The lowest BCUT2D eigenvalue weighted by Crippen LogP contribution is -2.18. The van der Waals surface area contributed by atoms with Gasteiger partial charge in [0.15, 0.2) is 5.82 Å². The minimum Gasteiger partial charge on any atom is -0.334 e. The molecule has 5 heteroatoms. The summed E-state index contributed by atoms with van der Waals surface area (Å²) in [7, 11) is 0. The first-order valence-electron chi connectivity index (χ1n) is 5.27. The molecular formula is C12H12N4O. The third kappa shape index (κ3) is 2.68. The molecule has 0 radical (unpaired) electrons. The molecule has 0 bridgehead atoms. The van der Waals surface area contributed by atoms with Crippen LogP contribution in [0.25, 0.3) is 11.5 Å². The molecule has 0 aliphatic rings. The third-order valence-electron chi connectivity index (χ3n) is 2.23. The number of nitrogens with two attached hydrogens (primary N) is 1. The number of hydrogen-bond donors (Lipinski definition) is 1. The molecule has 0 aliphatic carbocycles. The van der Waals surface area contributed by atoms with Crippen molar-refractivity contribution in [2.75, 3.05) is 0 Å². The van der Waals surface area contributed by atoms with Crippen LogP contribution in [0.1, 0.15) is 18.3 Å². The molecule has 86 valence electrons. The molecule has 1 heterocycles. The normalized spacial score (nSPS) is 12.1. The molecule has 1 aromatic carbocycles. The van der Waals surface area contributed by atoms with E-state index < -0.39 is 0 Å². The van der Waals surface area contributed by atoms with Gasteiger partial charge in [0.1, 0.15) is 0 Å². The van der Waals surface area contributed by atoms with Crippen LogP contribution in [0.2, 0.25) is 0 Å². The Hall–Kier alpha value is -2.19. The maximum absolute atomic E-state index is 8.69. The van der Waals surface area contributed by atoms with Gasteiger partial charge < -0.3 is 10.3 Å². The van der Waals surface area contributed by atoms with E-state index in [0.29, 0.717) is 23.7 Å². The van der Waals surface area contributed by atoms with Crippen molar-refractivity contribution in [1.82, 2.24) is 10.1 Å². The van der Waals surface area contributed by atoms with Crippen LogP contribution in [0.5, 0.6) is 0 Å². The van der Waals surface area contributed by atoms with Gasteiger partial charge in [0.2, 0.25) is 0 Å². The van der Waals surface area contributed by atoms with Gasteiger partial charge in [-0.15, -0.1) is 0 Å². The number of aromatic nitrogens is 2. The van der Waals surface area contributed by atoms with Crippen molar-refractivity contribution in [2.24, 2.45) is 5.73 Å². The van der Waals surface area contributed by atoms with Crippen LogP contribution in [-0.2, 0) is 6.42 Å². The summed E-state index contributed by atoms with van der Waals surface area (Å²) < 4.78 is 5.13. The molecule has 0 spiro atoms. The molecule has 1 unspecified atom stereocenters. The summed E-state index contributed by atoms with van der Waals surface area (Å²) in [5.74, 6) is 1.05. The molecular weight excluding hydrogens is 216 g/mol. The van der Waals surface area contributed by atoms with Crippen LogP contribution in [0.15, 0.2) is 28.8 Å². The third-order valence-corrected chi connectivity index (χ3v) is 2.23. The largest absolute Gasteiger partial charge is 0.334 e. The Morgan fingerprint density at radius 3 is 2.71 bits per heavy atom. The highest BCUT2D eigenvalue weighted by Gasteiger charge is 2.09. The summed E-state index contributed by atoms with van der Waals surface area (Å²) >= 11 is 0. The fourth-order valence-corrected chi connectivity index (χ4v) is 1.43. The van der Waals surface area contributed by atoms with Gasteiger partial charge in [-0.3, -0.25) is 0 Å².